The number of halogens is 1. The fraction of sp³-hybridized carbons (Fsp3) is 0.208. The Morgan fingerprint density at radius 2 is 1.91 bits per heavy atom. The van der Waals surface area contributed by atoms with Crippen LogP contribution in [0.25, 0.3) is 10.2 Å². The van der Waals surface area contributed by atoms with Crippen LogP contribution in [0, 0.1) is 5.82 Å². The van der Waals surface area contributed by atoms with Gasteiger partial charge in [0, 0.05) is 23.7 Å². The molecule has 0 atom stereocenters. The minimum atomic E-state index is -3.61. The van der Waals surface area contributed by atoms with Gasteiger partial charge in [0.2, 0.25) is 5.91 Å². The number of rotatable bonds is 9. The van der Waals surface area contributed by atoms with Crippen LogP contribution in [0.5, 0.6) is 0 Å². The molecular formula is C24H22FN3O3S3. The summed E-state index contributed by atoms with van der Waals surface area (Å²) >= 11 is 3.02. The zero-order chi connectivity index (χ0) is 24.1. The van der Waals surface area contributed by atoms with Crippen molar-refractivity contribution < 1.29 is 17.6 Å². The molecule has 0 spiro atoms. The number of anilines is 1. The molecule has 6 nitrogen and oxygen atoms in total. The second-order valence-electron chi connectivity index (χ2n) is 7.52. The van der Waals surface area contributed by atoms with E-state index < -0.39 is 15.7 Å². The highest BCUT2D eigenvalue weighted by atomic mass is 32.2. The molecule has 10 heteroatoms. The number of hydrogen-bond acceptors (Lipinski definition) is 7. The third kappa shape index (κ3) is 5.63. The molecule has 0 unspecified atom stereocenters. The average molecular weight is 516 g/mol. The molecule has 176 valence electrons. The maximum absolute atomic E-state index is 13.3. The number of fused-ring (bicyclic) bond motifs is 1. The number of aromatic nitrogens is 2. The quantitative estimate of drug-likeness (QED) is 0.221. The van der Waals surface area contributed by atoms with E-state index >= 15 is 0 Å². The highest BCUT2D eigenvalue weighted by Gasteiger charge is 2.22. The van der Waals surface area contributed by atoms with Gasteiger partial charge in [-0.1, -0.05) is 23.5 Å². The molecule has 1 amide bonds. The lowest BCUT2D eigenvalue weighted by Gasteiger charge is -2.20. The number of hydrogen-bond donors (Lipinski definition) is 0. The van der Waals surface area contributed by atoms with Gasteiger partial charge in [-0.3, -0.25) is 14.7 Å². The van der Waals surface area contributed by atoms with Crippen molar-refractivity contribution in [3.05, 3.63) is 78.4 Å². The van der Waals surface area contributed by atoms with E-state index in [4.69, 9.17) is 4.98 Å². The summed E-state index contributed by atoms with van der Waals surface area (Å²) in [7, 11) is -3.61. The minimum Gasteiger partial charge on any atom is -0.284 e. The van der Waals surface area contributed by atoms with E-state index in [0.717, 1.165) is 32.8 Å². The number of sulfone groups is 1. The van der Waals surface area contributed by atoms with Gasteiger partial charge in [0.05, 0.1) is 27.4 Å². The second kappa shape index (κ2) is 10.6. The second-order valence-corrected chi connectivity index (χ2v) is 11.5. The fourth-order valence-corrected chi connectivity index (χ4v) is 6.38. The van der Waals surface area contributed by atoms with Crippen molar-refractivity contribution in [3.63, 3.8) is 0 Å². The van der Waals surface area contributed by atoms with Crippen LogP contribution in [0.3, 0.4) is 0 Å². The highest BCUT2D eigenvalue weighted by molar-refractivity contribution is 7.98. The number of thioether (sulfide) groups is 1. The Morgan fingerprint density at radius 1 is 1.12 bits per heavy atom. The van der Waals surface area contributed by atoms with Crippen molar-refractivity contribution in [2.45, 2.75) is 29.2 Å². The van der Waals surface area contributed by atoms with E-state index in [9.17, 15) is 17.6 Å². The van der Waals surface area contributed by atoms with Crippen LogP contribution in [0.4, 0.5) is 9.52 Å². The molecule has 0 radical (unpaired) electrons. The summed E-state index contributed by atoms with van der Waals surface area (Å²) in [6.45, 7) is 0.284. The Bertz CT molecular complexity index is 1390. The van der Waals surface area contributed by atoms with Gasteiger partial charge in [0.1, 0.15) is 5.82 Å². The predicted molar refractivity (Wildman–Crippen MR) is 135 cm³/mol. The van der Waals surface area contributed by atoms with Gasteiger partial charge in [-0.05, 0) is 60.7 Å². The Morgan fingerprint density at radius 3 is 2.62 bits per heavy atom. The maximum atomic E-state index is 13.3. The molecule has 2 heterocycles. The molecule has 0 saturated heterocycles. The summed E-state index contributed by atoms with van der Waals surface area (Å²) in [4.78, 5) is 24.8. The largest absolute Gasteiger partial charge is 0.284 e. The molecule has 0 N–H and O–H groups in total. The fourth-order valence-electron chi connectivity index (χ4n) is 3.44. The van der Waals surface area contributed by atoms with Crippen LogP contribution in [0.2, 0.25) is 0 Å². The van der Waals surface area contributed by atoms with E-state index in [-0.39, 0.29) is 35.9 Å². The lowest BCUT2D eigenvalue weighted by molar-refractivity contribution is -0.118. The van der Waals surface area contributed by atoms with Crippen LogP contribution in [0.1, 0.15) is 18.4 Å². The molecule has 0 fully saturated rings. The molecule has 34 heavy (non-hydrogen) atoms. The van der Waals surface area contributed by atoms with Crippen molar-refractivity contribution in [1.82, 2.24) is 9.97 Å². The molecule has 0 aliphatic carbocycles. The maximum Gasteiger partial charge on any atom is 0.229 e. The van der Waals surface area contributed by atoms with Gasteiger partial charge in [0.25, 0.3) is 0 Å². The Labute approximate surface area is 205 Å². The summed E-state index contributed by atoms with van der Waals surface area (Å²) < 4.78 is 39.3. The third-order valence-electron chi connectivity index (χ3n) is 5.16. The first-order valence-corrected chi connectivity index (χ1v) is 14.2. The first-order valence-electron chi connectivity index (χ1n) is 10.5. The third-order valence-corrected chi connectivity index (χ3v) is 8.79. The topological polar surface area (TPSA) is 80.2 Å². The standard InChI is InChI=1S/C24H22FN3O3S3/c1-32-20-6-2-7-21-23(20)27-24(33-21)28(16-17-5-3-13-26-15-17)22(29)8-4-14-34(30,31)19-11-9-18(25)10-12-19/h2-3,5-7,9-13,15H,4,8,14,16H2,1H3. The average Bonchev–Trinajstić information content (AvgIpc) is 3.27. The molecular weight excluding hydrogens is 493 g/mol. The molecule has 2 aromatic heterocycles. The summed E-state index contributed by atoms with van der Waals surface area (Å²) in [5, 5.41) is 0.562. The normalized spacial score (nSPS) is 11.6. The zero-order valence-electron chi connectivity index (χ0n) is 18.3. The number of pyridine rings is 1. The van der Waals surface area contributed by atoms with Gasteiger partial charge in [-0.15, -0.1) is 11.8 Å². The molecule has 4 aromatic rings. The smallest absolute Gasteiger partial charge is 0.229 e. The van der Waals surface area contributed by atoms with Crippen LogP contribution >= 0.6 is 23.1 Å². The van der Waals surface area contributed by atoms with Crippen LogP contribution in [-0.2, 0) is 21.2 Å². The number of para-hydroxylation sites is 1. The number of nitrogens with zero attached hydrogens (tertiary/aromatic N) is 3. The van der Waals surface area contributed by atoms with E-state index in [1.165, 1.54) is 23.5 Å². The summed E-state index contributed by atoms with van der Waals surface area (Å²) in [6.07, 6.45) is 5.52. The minimum absolute atomic E-state index is 0.0337. The lowest BCUT2D eigenvalue weighted by Crippen LogP contribution is -2.30. The molecule has 0 aliphatic heterocycles. The van der Waals surface area contributed by atoms with Gasteiger partial charge >= 0.3 is 0 Å². The molecule has 4 rings (SSSR count). The van der Waals surface area contributed by atoms with Crippen molar-refractivity contribution in [3.8, 4) is 0 Å². The van der Waals surface area contributed by atoms with Gasteiger partial charge in [-0.2, -0.15) is 0 Å². The van der Waals surface area contributed by atoms with Gasteiger partial charge in [-0.25, -0.2) is 17.8 Å². The van der Waals surface area contributed by atoms with E-state index in [2.05, 4.69) is 4.98 Å². The number of amides is 1. The van der Waals surface area contributed by atoms with Crippen molar-refractivity contribution >= 4 is 54.2 Å². The number of carbonyl (C=O) groups is 1. The van der Waals surface area contributed by atoms with Crippen molar-refractivity contribution in [2.75, 3.05) is 16.9 Å². The van der Waals surface area contributed by atoms with E-state index in [1.807, 2.05) is 30.5 Å². The number of benzene rings is 2. The lowest BCUT2D eigenvalue weighted by atomic mass is 10.2. The Balaban J connectivity index is 1.54. The van der Waals surface area contributed by atoms with Crippen molar-refractivity contribution in [2.24, 2.45) is 0 Å². The molecule has 2 aromatic carbocycles. The number of carbonyl (C=O) groups excluding carboxylic acids is 1. The first kappa shape index (κ1) is 24.3. The van der Waals surface area contributed by atoms with Gasteiger partial charge < -0.3 is 0 Å². The van der Waals surface area contributed by atoms with Gasteiger partial charge in [0.15, 0.2) is 15.0 Å². The predicted octanol–water partition coefficient (Wildman–Crippen LogP) is 5.34. The Kier molecular flexibility index (Phi) is 7.60. The Hall–Kier alpha value is -2.82. The van der Waals surface area contributed by atoms with Crippen LogP contribution in [-0.4, -0.2) is 36.3 Å². The molecule has 0 saturated carbocycles. The summed E-state index contributed by atoms with van der Waals surface area (Å²) in [5.41, 5.74) is 1.69. The SMILES string of the molecule is CSc1cccc2sc(N(Cc3cccnc3)C(=O)CCCS(=O)(=O)c3ccc(F)cc3)nc12. The van der Waals surface area contributed by atoms with Crippen LogP contribution in [0.15, 0.2) is 76.8 Å². The monoisotopic (exact) mass is 515 g/mol. The molecule has 0 bridgehead atoms. The summed E-state index contributed by atoms with van der Waals surface area (Å²) in [6, 6.07) is 14.3. The molecule has 0 aliphatic rings. The first-order chi connectivity index (χ1) is 16.4. The zero-order valence-corrected chi connectivity index (χ0v) is 20.8. The summed E-state index contributed by atoms with van der Waals surface area (Å²) in [5.74, 6) is -0.926. The van der Waals surface area contributed by atoms with E-state index in [0.29, 0.717) is 5.13 Å². The number of thiazole rings is 1. The van der Waals surface area contributed by atoms with E-state index in [1.54, 1.807) is 35.1 Å². The van der Waals surface area contributed by atoms with Crippen molar-refractivity contribution in [1.29, 1.82) is 0 Å². The van der Waals surface area contributed by atoms with Crippen LogP contribution < -0.4 is 4.90 Å². The highest BCUT2D eigenvalue weighted by Crippen LogP contribution is 2.35.